The molecule has 0 bridgehead atoms. The predicted octanol–water partition coefficient (Wildman–Crippen LogP) is 6.38. The molecule has 0 aliphatic rings. The quantitative estimate of drug-likeness (QED) is 0.201. The SMILES string of the molecule is CCCCc1ncc(C(C)=C(Cc2cccs2)C(=O)O)n1Cc1ccc(C(=O)OC)c2ccccc12. The molecule has 2 heterocycles. The number of carbonyl (C=O) groups is 2. The molecule has 4 rings (SSSR count). The molecule has 0 aliphatic carbocycles. The molecule has 4 aromatic rings. The number of carboxylic acid groups (broad SMARTS) is 1. The van der Waals surface area contributed by atoms with Crippen molar-refractivity contribution >= 4 is 39.6 Å². The predicted molar refractivity (Wildman–Crippen MR) is 143 cm³/mol. The first kappa shape index (κ1) is 25.4. The summed E-state index contributed by atoms with van der Waals surface area (Å²) in [6.45, 7) is 4.52. The van der Waals surface area contributed by atoms with Gasteiger partial charge in [0.25, 0.3) is 0 Å². The average molecular weight is 503 g/mol. The van der Waals surface area contributed by atoms with Crippen molar-refractivity contribution in [1.82, 2.24) is 9.55 Å². The number of methoxy groups -OCH3 is 1. The summed E-state index contributed by atoms with van der Waals surface area (Å²) >= 11 is 1.55. The topological polar surface area (TPSA) is 81.4 Å². The molecule has 2 aromatic carbocycles. The fourth-order valence-electron chi connectivity index (χ4n) is 4.49. The van der Waals surface area contributed by atoms with Gasteiger partial charge >= 0.3 is 11.9 Å². The number of ether oxygens (including phenoxy) is 1. The molecule has 7 heteroatoms. The average Bonchev–Trinajstić information content (AvgIpc) is 3.55. The minimum atomic E-state index is -0.920. The monoisotopic (exact) mass is 502 g/mol. The number of hydrogen-bond acceptors (Lipinski definition) is 5. The lowest BCUT2D eigenvalue weighted by atomic mass is 9.98. The van der Waals surface area contributed by atoms with Gasteiger partial charge in [-0.05, 0) is 52.8 Å². The Morgan fingerprint density at radius 3 is 2.53 bits per heavy atom. The number of carbonyl (C=O) groups excluding carboxylic acids is 1. The van der Waals surface area contributed by atoms with Crippen LogP contribution in [0.15, 0.2) is 65.7 Å². The number of imidazole rings is 1. The Kier molecular flexibility index (Phi) is 8.00. The minimum Gasteiger partial charge on any atom is -0.478 e. The number of aromatic nitrogens is 2. The van der Waals surface area contributed by atoms with E-state index in [1.54, 1.807) is 23.6 Å². The molecule has 2 aromatic heterocycles. The molecule has 0 aliphatic heterocycles. The molecule has 0 saturated heterocycles. The normalized spacial score (nSPS) is 12.0. The number of allylic oxidation sites excluding steroid dienone is 1. The standard InChI is InChI=1S/C29H30N2O4S/c1-4-5-12-27-30-17-26(19(2)25(28(32)33)16-21-9-8-15-36-21)31(27)18-20-13-14-24(29(34)35-3)23-11-7-6-10-22(20)23/h6-11,13-15,17H,4-5,12,16,18H2,1-3H3,(H,32,33). The van der Waals surface area contributed by atoms with E-state index in [-0.39, 0.29) is 5.97 Å². The molecule has 0 unspecified atom stereocenters. The number of fused-ring (bicyclic) bond motifs is 1. The van der Waals surface area contributed by atoms with E-state index in [0.29, 0.717) is 29.7 Å². The molecule has 36 heavy (non-hydrogen) atoms. The second-order valence-electron chi connectivity index (χ2n) is 8.72. The van der Waals surface area contributed by atoms with Crippen LogP contribution >= 0.6 is 11.3 Å². The van der Waals surface area contributed by atoms with Gasteiger partial charge in [0.1, 0.15) is 5.82 Å². The van der Waals surface area contributed by atoms with E-state index in [0.717, 1.165) is 52.0 Å². The number of unbranched alkanes of at least 4 members (excludes halogenated alkanes) is 1. The van der Waals surface area contributed by atoms with Crippen LogP contribution in [0.2, 0.25) is 0 Å². The molecule has 6 nitrogen and oxygen atoms in total. The van der Waals surface area contributed by atoms with Crippen LogP contribution in [0.5, 0.6) is 0 Å². The third-order valence-electron chi connectivity index (χ3n) is 6.47. The van der Waals surface area contributed by atoms with Gasteiger partial charge in [0.05, 0.1) is 24.6 Å². The van der Waals surface area contributed by atoms with E-state index in [1.165, 1.54) is 7.11 Å². The van der Waals surface area contributed by atoms with Crippen molar-refractivity contribution in [1.29, 1.82) is 0 Å². The smallest absolute Gasteiger partial charge is 0.338 e. The van der Waals surface area contributed by atoms with Crippen LogP contribution in [0.25, 0.3) is 16.3 Å². The number of esters is 1. The molecule has 1 N–H and O–H groups in total. The summed E-state index contributed by atoms with van der Waals surface area (Å²) in [6.07, 6.45) is 4.98. The van der Waals surface area contributed by atoms with Crippen LogP contribution in [-0.4, -0.2) is 33.7 Å². The highest BCUT2D eigenvalue weighted by molar-refractivity contribution is 7.09. The van der Waals surface area contributed by atoms with Crippen LogP contribution in [0, 0.1) is 0 Å². The molecule has 0 radical (unpaired) electrons. The van der Waals surface area contributed by atoms with Gasteiger partial charge in [0, 0.05) is 29.8 Å². The zero-order valence-corrected chi connectivity index (χ0v) is 21.6. The third-order valence-corrected chi connectivity index (χ3v) is 7.34. The van der Waals surface area contributed by atoms with Crippen LogP contribution in [0.3, 0.4) is 0 Å². The maximum absolute atomic E-state index is 12.3. The Hall–Kier alpha value is -3.71. The number of rotatable bonds is 10. The summed E-state index contributed by atoms with van der Waals surface area (Å²) in [5.41, 5.74) is 3.43. The summed E-state index contributed by atoms with van der Waals surface area (Å²) in [5.74, 6) is -0.368. The number of thiophene rings is 1. The molecule has 0 amide bonds. The molecule has 0 spiro atoms. The molecule has 0 atom stereocenters. The van der Waals surface area contributed by atoms with Gasteiger partial charge in [-0.1, -0.05) is 49.7 Å². The van der Waals surface area contributed by atoms with E-state index in [9.17, 15) is 14.7 Å². The number of aliphatic carboxylic acids is 1. The highest BCUT2D eigenvalue weighted by atomic mass is 32.1. The molecule has 0 fully saturated rings. The van der Waals surface area contributed by atoms with Crippen molar-refractivity contribution < 1.29 is 19.4 Å². The Balaban J connectivity index is 1.83. The van der Waals surface area contributed by atoms with Crippen molar-refractivity contribution in [3.63, 3.8) is 0 Å². The van der Waals surface area contributed by atoms with Gasteiger partial charge in [-0.3, -0.25) is 0 Å². The lowest BCUT2D eigenvalue weighted by molar-refractivity contribution is -0.132. The van der Waals surface area contributed by atoms with Crippen molar-refractivity contribution in [3.8, 4) is 0 Å². The molecular weight excluding hydrogens is 472 g/mol. The summed E-state index contributed by atoms with van der Waals surface area (Å²) in [5, 5.41) is 13.8. The first-order valence-corrected chi connectivity index (χ1v) is 12.9. The number of aryl methyl sites for hydroxylation is 1. The lowest BCUT2D eigenvalue weighted by Crippen LogP contribution is -2.12. The van der Waals surface area contributed by atoms with Gasteiger partial charge in [0.2, 0.25) is 0 Å². The van der Waals surface area contributed by atoms with Crippen molar-refractivity contribution in [2.45, 2.75) is 46.1 Å². The number of benzene rings is 2. The van der Waals surface area contributed by atoms with Crippen LogP contribution < -0.4 is 0 Å². The number of nitrogens with zero attached hydrogens (tertiary/aromatic N) is 2. The first-order valence-electron chi connectivity index (χ1n) is 12.0. The zero-order valence-electron chi connectivity index (χ0n) is 20.8. The van der Waals surface area contributed by atoms with Crippen molar-refractivity contribution in [2.75, 3.05) is 7.11 Å². The van der Waals surface area contributed by atoms with E-state index in [4.69, 9.17) is 9.72 Å². The Morgan fingerprint density at radius 2 is 1.86 bits per heavy atom. The zero-order chi connectivity index (χ0) is 25.7. The van der Waals surface area contributed by atoms with Gasteiger partial charge in [-0.25, -0.2) is 14.6 Å². The summed E-state index contributed by atoms with van der Waals surface area (Å²) in [4.78, 5) is 30.3. The van der Waals surface area contributed by atoms with Crippen molar-refractivity contribution in [3.05, 3.63) is 93.2 Å². The van der Waals surface area contributed by atoms with E-state index < -0.39 is 5.97 Å². The van der Waals surface area contributed by atoms with Crippen LogP contribution in [-0.2, 0) is 28.9 Å². The van der Waals surface area contributed by atoms with E-state index >= 15 is 0 Å². The maximum Gasteiger partial charge on any atom is 0.338 e. The van der Waals surface area contributed by atoms with Crippen LogP contribution in [0.4, 0.5) is 0 Å². The second kappa shape index (κ2) is 11.4. The Bertz CT molecular complexity index is 1420. The lowest BCUT2D eigenvalue weighted by Gasteiger charge is -2.17. The summed E-state index contributed by atoms with van der Waals surface area (Å²) < 4.78 is 7.11. The third kappa shape index (κ3) is 5.26. The van der Waals surface area contributed by atoms with Gasteiger partial charge in [-0.2, -0.15) is 0 Å². The molecule has 0 saturated carbocycles. The van der Waals surface area contributed by atoms with Crippen molar-refractivity contribution in [2.24, 2.45) is 0 Å². The fraction of sp³-hybridized carbons (Fsp3) is 0.276. The minimum absolute atomic E-state index is 0.366. The van der Waals surface area contributed by atoms with Gasteiger partial charge in [0.15, 0.2) is 0 Å². The van der Waals surface area contributed by atoms with E-state index in [2.05, 4.69) is 11.5 Å². The Labute approximate surface area is 214 Å². The molecule has 186 valence electrons. The first-order chi connectivity index (χ1) is 17.4. The highest BCUT2D eigenvalue weighted by Gasteiger charge is 2.20. The van der Waals surface area contributed by atoms with Crippen LogP contribution in [0.1, 0.15) is 59.0 Å². The number of carboxylic acids is 1. The van der Waals surface area contributed by atoms with E-state index in [1.807, 2.05) is 54.8 Å². The second-order valence-corrected chi connectivity index (χ2v) is 9.76. The highest BCUT2D eigenvalue weighted by Crippen LogP contribution is 2.29. The maximum atomic E-state index is 12.3. The van der Waals surface area contributed by atoms with Gasteiger partial charge < -0.3 is 14.4 Å². The fourth-order valence-corrected chi connectivity index (χ4v) is 5.21. The molecular formula is C29H30N2O4S. The number of hydrogen-bond donors (Lipinski definition) is 1. The summed E-state index contributed by atoms with van der Waals surface area (Å²) in [7, 11) is 1.38. The largest absolute Gasteiger partial charge is 0.478 e. The van der Waals surface area contributed by atoms with Gasteiger partial charge in [-0.15, -0.1) is 11.3 Å². The summed E-state index contributed by atoms with van der Waals surface area (Å²) in [6, 6.07) is 15.4. The Morgan fingerprint density at radius 1 is 1.08 bits per heavy atom.